The SMILES string of the molecule is Cn1cc(-c2nc(-c3ccc(N)cc3)cs2)cn1. The van der Waals surface area contributed by atoms with Crippen LogP contribution in [-0.4, -0.2) is 14.8 Å². The fourth-order valence-corrected chi connectivity index (χ4v) is 2.53. The van der Waals surface area contributed by atoms with Crippen LogP contribution in [0.4, 0.5) is 5.69 Å². The number of nitrogens with zero attached hydrogens (tertiary/aromatic N) is 3. The fraction of sp³-hybridized carbons (Fsp3) is 0.0769. The molecule has 0 aliphatic rings. The molecular weight excluding hydrogens is 244 g/mol. The van der Waals surface area contributed by atoms with Gasteiger partial charge in [0.05, 0.1) is 11.9 Å². The maximum Gasteiger partial charge on any atom is 0.127 e. The molecule has 0 fully saturated rings. The molecular formula is C13H12N4S. The van der Waals surface area contributed by atoms with Crippen molar-refractivity contribution in [2.45, 2.75) is 0 Å². The van der Waals surface area contributed by atoms with E-state index < -0.39 is 0 Å². The van der Waals surface area contributed by atoms with Crippen molar-refractivity contribution in [2.24, 2.45) is 7.05 Å². The number of nitrogen functional groups attached to an aromatic ring is 1. The molecule has 18 heavy (non-hydrogen) atoms. The van der Waals surface area contributed by atoms with Gasteiger partial charge < -0.3 is 5.73 Å². The molecule has 2 aromatic heterocycles. The molecule has 0 unspecified atom stereocenters. The van der Waals surface area contributed by atoms with Crippen molar-refractivity contribution in [1.29, 1.82) is 0 Å². The van der Waals surface area contributed by atoms with Gasteiger partial charge >= 0.3 is 0 Å². The summed E-state index contributed by atoms with van der Waals surface area (Å²) >= 11 is 1.62. The number of thiazole rings is 1. The van der Waals surface area contributed by atoms with E-state index in [0.29, 0.717) is 0 Å². The first-order valence-corrected chi connectivity index (χ1v) is 6.41. The zero-order chi connectivity index (χ0) is 12.5. The fourth-order valence-electron chi connectivity index (χ4n) is 1.72. The molecule has 5 heteroatoms. The second-order valence-electron chi connectivity index (χ2n) is 4.06. The maximum absolute atomic E-state index is 5.67. The Labute approximate surface area is 109 Å². The third-order valence-electron chi connectivity index (χ3n) is 2.66. The lowest BCUT2D eigenvalue weighted by molar-refractivity contribution is 0.768. The summed E-state index contributed by atoms with van der Waals surface area (Å²) in [6, 6.07) is 7.74. The summed E-state index contributed by atoms with van der Waals surface area (Å²) in [6.07, 6.45) is 3.79. The Bertz CT molecular complexity index is 666. The molecule has 0 radical (unpaired) electrons. The van der Waals surface area contributed by atoms with E-state index in [1.54, 1.807) is 16.0 Å². The topological polar surface area (TPSA) is 56.7 Å². The Morgan fingerprint density at radius 1 is 1.17 bits per heavy atom. The first kappa shape index (κ1) is 11.0. The molecule has 2 N–H and O–H groups in total. The van der Waals surface area contributed by atoms with Gasteiger partial charge in [-0.15, -0.1) is 11.3 Å². The van der Waals surface area contributed by atoms with E-state index in [9.17, 15) is 0 Å². The minimum Gasteiger partial charge on any atom is -0.399 e. The molecule has 0 atom stereocenters. The van der Waals surface area contributed by atoms with Crippen LogP contribution >= 0.6 is 11.3 Å². The van der Waals surface area contributed by atoms with E-state index >= 15 is 0 Å². The minimum atomic E-state index is 0.765. The second-order valence-corrected chi connectivity index (χ2v) is 4.92. The summed E-state index contributed by atoms with van der Waals surface area (Å²) in [5.41, 5.74) is 9.54. The number of hydrogen-bond donors (Lipinski definition) is 1. The van der Waals surface area contributed by atoms with Crippen LogP contribution in [0.5, 0.6) is 0 Å². The van der Waals surface area contributed by atoms with Crippen molar-refractivity contribution in [3.05, 3.63) is 42.0 Å². The van der Waals surface area contributed by atoms with Gasteiger partial charge in [0.2, 0.25) is 0 Å². The van der Waals surface area contributed by atoms with Crippen molar-refractivity contribution >= 4 is 17.0 Å². The lowest BCUT2D eigenvalue weighted by Gasteiger charge is -1.96. The molecule has 2 heterocycles. The molecule has 3 rings (SSSR count). The summed E-state index contributed by atoms with van der Waals surface area (Å²) in [6.45, 7) is 0. The van der Waals surface area contributed by atoms with Crippen molar-refractivity contribution in [3.63, 3.8) is 0 Å². The number of aryl methyl sites for hydroxylation is 1. The van der Waals surface area contributed by atoms with Gasteiger partial charge in [0, 0.05) is 35.4 Å². The monoisotopic (exact) mass is 256 g/mol. The standard InChI is InChI=1S/C13H12N4S/c1-17-7-10(6-15-17)13-16-12(8-18-13)9-2-4-11(14)5-3-9/h2-8H,14H2,1H3. The number of anilines is 1. The zero-order valence-corrected chi connectivity index (χ0v) is 10.7. The van der Waals surface area contributed by atoms with Gasteiger partial charge in [-0.25, -0.2) is 4.98 Å². The second kappa shape index (κ2) is 4.27. The highest BCUT2D eigenvalue weighted by molar-refractivity contribution is 7.13. The Morgan fingerprint density at radius 2 is 1.94 bits per heavy atom. The van der Waals surface area contributed by atoms with E-state index in [1.165, 1.54) is 0 Å². The molecule has 3 aromatic rings. The number of nitrogens with two attached hydrogens (primary N) is 1. The van der Waals surface area contributed by atoms with Gasteiger partial charge in [0.25, 0.3) is 0 Å². The average Bonchev–Trinajstić information content (AvgIpc) is 2.98. The predicted molar refractivity (Wildman–Crippen MR) is 74.2 cm³/mol. The number of aromatic nitrogens is 3. The summed E-state index contributed by atoms with van der Waals surface area (Å²) < 4.78 is 1.78. The number of rotatable bonds is 2. The molecule has 0 saturated heterocycles. The third kappa shape index (κ3) is 2.00. The van der Waals surface area contributed by atoms with Crippen molar-refractivity contribution in [2.75, 3.05) is 5.73 Å². The highest BCUT2D eigenvalue weighted by Gasteiger charge is 2.07. The first-order chi connectivity index (χ1) is 8.72. The van der Waals surface area contributed by atoms with E-state index in [1.807, 2.05) is 49.1 Å². The Morgan fingerprint density at radius 3 is 2.61 bits per heavy atom. The molecule has 0 spiro atoms. The molecule has 0 aliphatic heterocycles. The van der Waals surface area contributed by atoms with E-state index in [2.05, 4.69) is 10.1 Å². The van der Waals surface area contributed by atoms with Crippen molar-refractivity contribution < 1.29 is 0 Å². The summed E-state index contributed by atoms with van der Waals surface area (Å²) in [5.74, 6) is 0. The summed E-state index contributed by atoms with van der Waals surface area (Å²) in [4.78, 5) is 4.62. The van der Waals surface area contributed by atoms with Gasteiger partial charge in [-0.3, -0.25) is 4.68 Å². The van der Waals surface area contributed by atoms with Crippen LogP contribution in [0, 0.1) is 0 Å². The van der Waals surface area contributed by atoms with Crippen molar-refractivity contribution in [3.8, 4) is 21.8 Å². The van der Waals surface area contributed by atoms with Gasteiger partial charge in [-0.2, -0.15) is 5.10 Å². The molecule has 90 valence electrons. The van der Waals surface area contributed by atoms with E-state index in [0.717, 1.165) is 27.5 Å². The van der Waals surface area contributed by atoms with Crippen LogP contribution in [0.3, 0.4) is 0 Å². The molecule has 4 nitrogen and oxygen atoms in total. The van der Waals surface area contributed by atoms with Crippen LogP contribution in [0.2, 0.25) is 0 Å². The highest BCUT2D eigenvalue weighted by atomic mass is 32.1. The van der Waals surface area contributed by atoms with Crippen LogP contribution in [0.1, 0.15) is 0 Å². The molecule has 0 aliphatic carbocycles. The van der Waals surface area contributed by atoms with E-state index in [4.69, 9.17) is 5.73 Å². The van der Waals surface area contributed by atoms with Crippen LogP contribution in [0.15, 0.2) is 42.0 Å². The van der Waals surface area contributed by atoms with Gasteiger partial charge in [0.1, 0.15) is 5.01 Å². The first-order valence-electron chi connectivity index (χ1n) is 5.53. The third-order valence-corrected chi connectivity index (χ3v) is 3.55. The lowest BCUT2D eigenvalue weighted by atomic mass is 10.1. The molecule has 0 bridgehead atoms. The number of benzene rings is 1. The van der Waals surface area contributed by atoms with E-state index in [-0.39, 0.29) is 0 Å². The van der Waals surface area contributed by atoms with Crippen LogP contribution < -0.4 is 5.73 Å². The molecule has 1 aromatic carbocycles. The molecule has 0 amide bonds. The summed E-state index contributed by atoms with van der Waals surface area (Å²) in [5, 5.41) is 7.18. The smallest absolute Gasteiger partial charge is 0.127 e. The van der Waals surface area contributed by atoms with Crippen molar-refractivity contribution in [1.82, 2.24) is 14.8 Å². The Balaban J connectivity index is 1.96. The molecule has 0 saturated carbocycles. The average molecular weight is 256 g/mol. The quantitative estimate of drug-likeness (QED) is 0.717. The Kier molecular flexibility index (Phi) is 2.60. The van der Waals surface area contributed by atoms with Gasteiger partial charge in [0.15, 0.2) is 0 Å². The normalized spacial score (nSPS) is 10.7. The van der Waals surface area contributed by atoms with Gasteiger partial charge in [-0.1, -0.05) is 12.1 Å². The number of hydrogen-bond acceptors (Lipinski definition) is 4. The summed E-state index contributed by atoms with van der Waals surface area (Å²) in [7, 11) is 1.90. The predicted octanol–water partition coefficient (Wildman–Crippen LogP) is 2.79. The zero-order valence-electron chi connectivity index (χ0n) is 9.87. The largest absolute Gasteiger partial charge is 0.399 e. The highest BCUT2D eigenvalue weighted by Crippen LogP contribution is 2.28. The van der Waals surface area contributed by atoms with Gasteiger partial charge in [-0.05, 0) is 12.1 Å². The minimum absolute atomic E-state index is 0.765. The lowest BCUT2D eigenvalue weighted by Crippen LogP contribution is -1.84. The Hall–Kier alpha value is -2.14. The maximum atomic E-state index is 5.67. The van der Waals surface area contributed by atoms with Crippen LogP contribution in [-0.2, 0) is 7.05 Å². The van der Waals surface area contributed by atoms with Crippen LogP contribution in [0.25, 0.3) is 21.8 Å².